The van der Waals surface area contributed by atoms with E-state index in [-0.39, 0.29) is 0 Å². The van der Waals surface area contributed by atoms with Crippen LogP contribution in [-0.4, -0.2) is 11.7 Å². The van der Waals surface area contributed by atoms with Crippen LogP contribution in [0.2, 0.25) is 0 Å². The van der Waals surface area contributed by atoms with Gasteiger partial charge in [0.15, 0.2) is 0 Å². The zero-order valence-corrected chi connectivity index (χ0v) is 9.41. The van der Waals surface area contributed by atoms with Gasteiger partial charge in [-0.25, -0.2) is 0 Å². The summed E-state index contributed by atoms with van der Waals surface area (Å²) in [6.45, 7) is 0.295. The van der Waals surface area contributed by atoms with Crippen molar-refractivity contribution < 1.29 is 5.11 Å². The lowest BCUT2D eigenvalue weighted by molar-refractivity contribution is 0.299. The Balaban J connectivity index is 2.19. The van der Waals surface area contributed by atoms with Gasteiger partial charge in [-0.2, -0.15) is 0 Å². The van der Waals surface area contributed by atoms with Crippen LogP contribution in [0, 0.1) is 0 Å². The molecule has 1 N–H and O–H groups in total. The molecule has 0 fully saturated rings. The van der Waals surface area contributed by atoms with E-state index in [0.29, 0.717) is 6.61 Å². The smallest absolute Gasteiger partial charge is 0.0471 e. The molecule has 1 aromatic rings. The van der Waals surface area contributed by atoms with E-state index in [0.717, 1.165) is 6.42 Å². The lowest BCUT2D eigenvalue weighted by Crippen LogP contribution is -2.00. The third-order valence-electron chi connectivity index (χ3n) is 3.03. The van der Waals surface area contributed by atoms with Crippen molar-refractivity contribution in [2.45, 2.75) is 44.9 Å². The highest BCUT2D eigenvalue weighted by molar-refractivity contribution is 7.10. The highest BCUT2D eigenvalue weighted by Crippen LogP contribution is 2.28. The van der Waals surface area contributed by atoms with Gasteiger partial charge in [0, 0.05) is 11.5 Å². The first-order valence-corrected chi connectivity index (χ1v) is 6.49. The molecular weight excluding hydrogens is 192 g/mol. The second-order valence-corrected chi connectivity index (χ2v) is 5.01. The number of rotatable bonds is 2. The van der Waals surface area contributed by atoms with Crippen LogP contribution in [-0.2, 0) is 19.3 Å². The Labute approximate surface area is 89.8 Å². The summed E-state index contributed by atoms with van der Waals surface area (Å²) in [5, 5.41) is 11.2. The molecule has 2 rings (SSSR count). The first-order valence-electron chi connectivity index (χ1n) is 5.61. The molecular formula is C12H18OS. The third kappa shape index (κ3) is 2.18. The summed E-state index contributed by atoms with van der Waals surface area (Å²) in [6, 6.07) is 0. The summed E-state index contributed by atoms with van der Waals surface area (Å²) in [5.74, 6) is 0. The highest BCUT2D eigenvalue weighted by atomic mass is 32.1. The van der Waals surface area contributed by atoms with Gasteiger partial charge in [0.25, 0.3) is 0 Å². The van der Waals surface area contributed by atoms with E-state index in [2.05, 4.69) is 5.38 Å². The number of aliphatic hydroxyl groups excluding tert-OH is 1. The SMILES string of the molecule is OCCc1csc2c1CCCCCC2. The molecule has 14 heavy (non-hydrogen) atoms. The molecule has 1 aliphatic carbocycles. The van der Waals surface area contributed by atoms with E-state index < -0.39 is 0 Å². The van der Waals surface area contributed by atoms with Crippen molar-refractivity contribution in [3.05, 3.63) is 21.4 Å². The number of hydrogen-bond donors (Lipinski definition) is 1. The fourth-order valence-electron chi connectivity index (χ4n) is 2.24. The Morgan fingerprint density at radius 1 is 1.14 bits per heavy atom. The van der Waals surface area contributed by atoms with E-state index in [1.165, 1.54) is 44.1 Å². The zero-order chi connectivity index (χ0) is 9.80. The Kier molecular flexibility index (Phi) is 3.60. The molecule has 1 heterocycles. The van der Waals surface area contributed by atoms with Gasteiger partial charge in [-0.3, -0.25) is 0 Å². The molecule has 1 nitrogen and oxygen atoms in total. The van der Waals surface area contributed by atoms with Crippen molar-refractivity contribution >= 4 is 11.3 Å². The Bertz CT molecular complexity index is 277. The minimum absolute atomic E-state index is 0.295. The molecule has 0 amide bonds. The Morgan fingerprint density at radius 3 is 2.71 bits per heavy atom. The molecule has 0 bridgehead atoms. The number of aryl methyl sites for hydroxylation is 1. The van der Waals surface area contributed by atoms with Gasteiger partial charge >= 0.3 is 0 Å². The average molecular weight is 210 g/mol. The summed E-state index contributed by atoms with van der Waals surface area (Å²) in [4.78, 5) is 1.59. The molecule has 1 aromatic heterocycles. The minimum Gasteiger partial charge on any atom is -0.396 e. The molecule has 78 valence electrons. The van der Waals surface area contributed by atoms with Crippen molar-refractivity contribution in [1.82, 2.24) is 0 Å². The van der Waals surface area contributed by atoms with Crippen LogP contribution in [0.15, 0.2) is 5.38 Å². The van der Waals surface area contributed by atoms with Crippen molar-refractivity contribution in [1.29, 1.82) is 0 Å². The molecule has 0 aliphatic heterocycles. The van der Waals surface area contributed by atoms with Gasteiger partial charge in [0.05, 0.1) is 0 Å². The highest BCUT2D eigenvalue weighted by Gasteiger charge is 2.12. The van der Waals surface area contributed by atoms with Crippen LogP contribution < -0.4 is 0 Å². The normalized spacial score (nSPS) is 17.2. The molecule has 0 spiro atoms. The number of aliphatic hydroxyl groups is 1. The van der Waals surface area contributed by atoms with Crippen LogP contribution in [0.3, 0.4) is 0 Å². The van der Waals surface area contributed by atoms with Crippen LogP contribution in [0.4, 0.5) is 0 Å². The topological polar surface area (TPSA) is 20.2 Å². The Hall–Kier alpha value is -0.340. The maximum absolute atomic E-state index is 8.97. The predicted molar refractivity (Wildman–Crippen MR) is 61.0 cm³/mol. The Morgan fingerprint density at radius 2 is 1.93 bits per heavy atom. The number of thiophene rings is 1. The summed E-state index contributed by atoms with van der Waals surface area (Å²) < 4.78 is 0. The lowest BCUT2D eigenvalue weighted by Gasteiger charge is -2.10. The quantitative estimate of drug-likeness (QED) is 0.795. The standard InChI is InChI=1S/C12H18OS/c13-8-7-10-9-14-12-6-4-2-1-3-5-11(10)12/h9,13H,1-8H2. The van der Waals surface area contributed by atoms with Gasteiger partial charge in [-0.1, -0.05) is 12.8 Å². The molecule has 1 aliphatic rings. The van der Waals surface area contributed by atoms with Gasteiger partial charge in [-0.15, -0.1) is 11.3 Å². The van der Waals surface area contributed by atoms with Crippen LogP contribution in [0.1, 0.15) is 41.7 Å². The van der Waals surface area contributed by atoms with Crippen LogP contribution >= 0.6 is 11.3 Å². The molecule has 0 atom stereocenters. The van der Waals surface area contributed by atoms with E-state index >= 15 is 0 Å². The van der Waals surface area contributed by atoms with E-state index in [9.17, 15) is 0 Å². The number of fused-ring (bicyclic) bond motifs is 1. The molecule has 2 heteroatoms. The van der Waals surface area contributed by atoms with Crippen LogP contribution in [0.25, 0.3) is 0 Å². The minimum atomic E-state index is 0.295. The van der Waals surface area contributed by atoms with Crippen molar-refractivity contribution in [3.8, 4) is 0 Å². The summed E-state index contributed by atoms with van der Waals surface area (Å²) in [5.41, 5.74) is 2.98. The van der Waals surface area contributed by atoms with Gasteiger partial charge < -0.3 is 5.11 Å². The van der Waals surface area contributed by atoms with E-state index in [1.54, 1.807) is 10.4 Å². The predicted octanol–water partition coefficient (Wildman–Crippen LogP) is 2.94. The lowest BCUT2D eigenvalue weighted by atomic mass is 9.96. The van der Waals surface area contributed by atoms with Gasteiger partial charge in [0.2, 0.25) is 0 Å². The van der Waals surface area contributed by atoms with Crippen molar-refractivity contribution in [2.24, 2.45) is 0 Å². The largest absolute Gasteiger partial charge is 0.396 e. The number of hydrogen-bond acceptors (Lipinski definition) is 2. The summed E-state index contributed by atoms with van der Waals surface area (Å²) in [7, 11) is 0. The van der Waals surface area contributed by atoms with Crippen LogP contribution in [0.5, 0.6) is 0 Å². The molecule has 0 saturated heterocycles. The first kappa shape index (κ1) is 10.2. The fraction of sp³-hybridized carbons (Fsp3) is 0.667. The van der Waals surface area contributed by atoms with Gasteiger partial charge in [0.1, 0.15) is 0 Å². The second-order valence-electron chi connectivity index (χ2n) is 4.05. The maximum Gasteiger partial charge on any atom is 0.0471 e. The van der Waals surface area contributed by atoms with Gasteiger partial charge in [-0.05, 0) is 48.6 Å². The third-order valence-corrected chi connectivity index (χ3v) is 4.17. The van der Waals surface area contributed by atoms with Crippen molar-refractivity contribution in [3.63, 3.8) is 0 Å². The molecule has 0 aromatic carbocycles. The first-order chi connectivity index (χ1) is 6.92. The zero-order valence-electron chi connectivity index (χ0n) is 8.59. The molecule has 0 radical (unpaired) electrons. The monoisotopic (exact) mass is 210 g/mol. The molecule has 0 unspecified atom stereocenters. The van der Waals surface area contributed by atoms with E-state index in [4.69, 9.17) is 5.11 Å². The average Bonchev–Trinajstić information content (AvgIpc) is 2.48. The summed E-state index contributed by atoms with van der Waals surface area (Å²) >= 11 is 1.90. The fourth-order valence-corrected chi connectivity index (χ4v) is 3.43. The second kappa shape index (κ2) is 4.94. The maximum atomic E-state index is 8.97. The summed E-state index contributed by atoms with van der Waals surface area (Å²) in [6.07, 6.45) is 8.83. The van der Waals surface area contributed by atoms with E-state index in [1.807, 2.05) is 11.3 Å². The molecule has 0 saturated carbocycles. The van der Waals surface area contributed by atoms with Crippen molar-refractivity contribution in [2.75, 3.05) is 6.61 Å².